The summed E-state index contributed by atoms with van der Waals surface area (Å²) in [7, 11) is 4.46. The van der Waals surface area contributed by atoms with Crippen molar-refractivity contribution in [1.82, 2.24) is 5.16 Å². The largest absolute Gasteiger partial charge is 0.507 e. The van der Waals surface area contributed by atoms with Crippen molar-refractivity contribution in [2.24, 2.45) is 0 Å². The van der Waals surface area contributed by atoms with Gasteiger partial charge >= 0.3 is 5.91 Å². The molecule has 9 nitrogen and oxygen atoms in total. The predicted molar refractivity (Wildman–Crippen MR) is 119 cm³/mol. The highest BCUT2D eigenvalue weighted by atomic mass is 16.5. The summed E-state index contributed by atoms with van der Waals surface area (Å²) in [5, 5.41) is 15.1. The van der Waals surface area contributed by atoms with E-state index in [0.29, 0.717) is 34.1 Å². The second-order valence-electron chi connectivity index (χ2n) is 7.28. The highest BCUT2D eigenvalue weighted by Gasteiger charge is 2.49. The third-order valence-electron chi connectivity index (χ3n) is 5.40. The molecule has 170 valence electrons. The van der Waals surface area contributed by atoms with E-state index in [-0.39, 0.29) is 17.2 Å². The highest BCUT2D eigenvalue weighted by molar-refractivity contribution is 6.51. The van der Waals surface area contributed by atoms with Gasteiger partial charge in [0.2, 0.25) is 0 Å². The number of hydrogen-bond donors (Lipinski definition) is 1. The number of carbonyl (C=O) groups excluding carboxylic acids is 2. The monoisotopic (exact) mass is 450 g/mol. The summed E-state index contributed by atoms with van der Waals surface area (Å²) >= 11 is 0. The quantitative estimate of drug-likeness (QED) is 0.344. The number of Topliss-reactive ketones (excluding diaryl/α,β-unsaturated/α-hetero) is 1. The maximum absolute atomic E-state index is 13.2. The number of nitrogens with zero attached hydrogens (tertiary/aromatic N) is 2. The van der Waals surface area contributed by atoms with Crippen molar-refractivity contribution in [3.05, 3.63) is 71.0 Å². The first-order valence-electron chi connectivity index (χ1n) is 10.0. The number of benzene rings is 2. The third-order valence-corrected chi connectivity index (χ3v) is 5.40. The zero-order chi connectivity index (χ0) is 23.7. The van der Waals surface area contributed by atoms with Gasteiger partial charge in [-0.05, 0) is 37.3 Å². The fourth-order valence-corrected chi connectivity index (χ4v) is 3.86. The molecule has 1 N–H and O–H groups in total. The van der Waals surface area contributed by atoms with Crippen LogP contribution in [-0.2, 0) is 9.59 Å². The molecule has 0 unspecified atom stereocenters. The van der Waals surface area contributed by atoms with Crippen LogP contribution in [0.2, 0.25) is 0 Å². The Morgan fingerprint density at radius 2 is 1.76 bits per heavy atom. The molecule has 0 radical (unpaired) electrons. The predicted octanol–water partition coefficient (Wildman–Crippen LogP) is 3.64. The van der Waals surface area contributed by atoms with Gasteiger partial charge in [0.15, 0.2) is 17.3 Å². The fourth-order valence-electron chi connectivity index (χ4n) is 3.86. The van der Waals surface area contributed by atoms with Crippen LogP contribution < -0.4 is 19.1 Å². The fraction of sp³-hybridized carbons (Fsp3) is 0.208. The van der Waals surface area contributed by atoms with Crippen LogP contribution in [0.4, 0.5) is 5.82 Å². The topological polar surface area (TPSA) is 111 Å². The number of para-hydroxylation sites is 1. The van der Waals surface area contributed by atoms with Gasteiger partial charge in [0.1, 0.15) is 23.3 Å². The van der Waals surface area contributed by atoms with E-state index in [1.165, 1.54) is 32.3 Å². The first-order valence-corrected chi connectivity index (χ1v) is 10.0. The molecule has 1 aromatic heterocycles. The van der Waals surface area contributed by atoms with Gasteiger partial charge in [0, 0.05) is 17.2 Å². The van der Waals surface area contributed by atoms with Gasteiger partial charge < -0.3 is 23.8 Å². The van der Waals surface area contributed by atoms with Crippen molar-refractivity contribution >= 4 is 23.3 Å². The van der Waals surface area contributed by atoms with E-state index in [0.717, 1.165) is 0 Å². The van der Waals surface area contributed by atoms with Crippen LogP contribution in [0.3, 0.4) is 0 Å². The van der Waals surface area contributed by atoms with Crippen LogP contribution in [0.25, 0.3) is 5.76 Å². The molecular formula is C24H22N2O7. The number of carbonyl (C=O) groups is 2. The van der Waals surface area contributed by atoms with E-state index >= 15 is 0 Å². The number of ether oxygens (including phenoxy) is 3. The molecule has 1 atom stereocenters. The third kappa shape index (κ3) is 3.67. The minimum Gasteiger partial charge on any atom is -0.507 e. The summed E-state index contributed by atoms with van der Waals surface area (Å²) in [5.41, 5.74) is 0.668. The van der Waals surface area contributed by atoms with Crippen molar-refractivity contribution < 1.29 is 33.4 Å². The number of ketones is 1. The molecule has 1 saturated heterocycles. The summed E-state index contributed by atoms with van der Waals surface area (Å²) in [4.78, 5) is 27.5. The zero-order valence-corrected chi connectivity index (χ0v) is 18.5. The van der Waals surface area contributed by atoms with Crippen LogP contribution in [0.5, 0.6) is 17.2 Å². The minimum atomic E-state index is -1.04. The van der Waals surface area contributed by atoms with Crippen LogP contribution >= 0.6 is 0 Å². The van der Waals surface area contributed by atoms with Crippen LogP contribution in [0.15, 0.2) is 58.6 Å². The first-order chi connectivity index (χ1) is 15.9. The van der Waals surface area contributed by atoms with Gasteiger partial charge in [0.25, 0.3) is 5.78 Å². The van der Waals surface area contributed by atoms with Crippen LogP contribution in [0, 0.1) is 6.92 Å². The van der Waals surface area contributed by atoms with Gasteiger partial charge in [-0.25, -0.2) is 0 Å². The molecule has 0 spiro atoms. The van der Waals surface area contributed by atoms with Crippen LogP contribution in [-0.4, -0.2) is 43.3 Å². The maximum atomic E-state index is 13.2. The van der Waals surface area contributed by atoms with E-state index in [1.807, 2.05) is 0 Å². The van der Waals surface area contributed by atoms with E-state index in [1.54, 1.807) is 49.4 Å². The van der Waals surface area contributed by atoms with Gasteiger partial charge in [-0.3, -0.25) is 14.5 Å². The lowest BCUT2D eigenvalue weighted by molar-refractivity contribution is -0.132. The molecule has 1 aliphatic rings. The minimum absolute atomic E-state index is 0.114. The van der Waals surface area contributed by atoms with Crippen molar-refractivity contribution in [3.8, 4) is 17.2 Å². The number of rotatable bonds is 6. The molecule has 3 aromatic rings. The summed E-state index contributed by atoms with van der Waals surface area (Å²) in [5.74, 6) is -0.160. The van der Waals surface area contributed by atoms with Gasteiger partial charge in [-0.2, -0.15) is 0 Å². The second-order valence-corrected chi connectivity index (χ2v) is 7.28. The van der Waals surface area contributed by atoms with E-state index in [9.17, 15) is 14.7 Å². The Morgan fingerprint density at radius 3 is 2.33 bits per heavy atom. The molecule has 0 aliphatic carbocycles. The average molecular weight is 450 g/mol. The van der Waals surface area contributed by atoms with Crippen molar-refractivity contribution in [2.75, 3.05) is 26.2 Å². The van der Waals surface area contributed by atoms with E-state index in [2.05, 4.69) is 5.16 Å². The summed E-state index contributed by atoms with van der Waals surface area (Å²) in [6.07, 6.45) is 0. The zero-order valence-electron chi connectivity index (χ0n) is 18.5. The molecule has 1 fully saturated rings. The highest BCUT2D eigenvalue weighted by Crippen LogP contribution is 2.47. The Hall–Kier alpha value is -4.27. The smallest absolute Gasteiger partial charge is 0.301 e. The van der Waals surface area contributed by atoms with Crippen molar-refractivity contribution in [1.29, 1.82) is 0 Å². The first kappa shape index (κ1) is 21.9. The summed E-state index contributed by atoms with van der Waals surface area (Å²) in [6, 6.07) is 12.1. The number of aromatic nitrogens is 1. The SMILES string of the molecule is COc1ccc(C(O)=C2C(=O)C(=O)N(c3cc(C)on3)[C@H]2c2cccc(OC)c2OC)cc1. The molecule has 0 bridgehead atoms. The summed E-state index contributed by atoms with van der Waals surface area (Å²) in [6.45, 7) is 1.67. The number of hydrogen-bond acceptors (Lipinski definition) is 8. The Kier molecular flexibility index (Phi) is 5.78. The Balaban J connectivity index is 1.98. The number of anilines is 1. The Labute approximate surface area is 189 Å². The molecule has 2 aromatic carbocycles. The summed E-state index contributed by atoms with van der Waals surface area (Å²) < 4.78 is 21.3. The molecule has 9 heteroatoms. The van der Waals surface area contributed by atoms with Gasteiger partial charge in [0.05, 0.1) is 26.9 Å². The molecule has 1 aliphatic heterocycles. The van der Waals surface area contributed by atoms with Crippen molar-refractivity contribution in [3.63, 3.8) is 0 Å². The molecule has 0 saturated carbocycles. The van der Waals surface area contributed by atoms with E-state index < -0.39 is 17.7 Å². The lowest BCUT2D eigenvalue weighted by atomic mass is 9.94. The Bertz CT molecular complexity index is 1240. The van der Waals surface area contributed by atoms with Crippen LogP contribution in [0.1, 0.15) is 22.9 Å². The number of aliphatic hydroxyl groups is 1. The molecule has 33 heavy (non-hydrogen) atoms. The Morgan fingerprint density at radius 1 is 1.03 bits per heavy atom. The van der Waals surface area contributed by atoms with Gasteiger partial charge in [-0.15, -0.1) is 0 Å². The van der Waals surface area contributed by atoms with Gasteiger partial charge in [-0.1, -0.05) is 17.3 Å². The maximum Gasteiger partial charge on any atom is 0.301 e. The molecular weight excluding hydrogens is 428 g/mol. The lowest BCUT2D eigenvalue weighted by Crippen LogP contribution is -2.30. The standard InChI is InChI=1S/C24H22N2O7/c1-13-12-18(25-33-13)26-20(16-6-5-7-17(31-3)23(16)32-4)19(22(28)24(26)29)21(27)14-8-10-15(30-2)11-9-14/h5-12,20,27H,1-4H3/t20-/m0/s1. The molecule has 2 heterocycles. The number of aryl methyl sites for hydroxylation is 1. The molecule has 1 amide bonds. The lowest BCUT2D eigenvalue weighted by Gasteiger charge is -2.25. The molecule has 4 rings (SSSR count). The second kappa shape index (κ2) is 8.70. The normalized spacial score (nSPS) is 17.3. The number of amides is 1. The van der Waals surface area contributed by atoms with E-state index in [4.69, 9.17) is 18.7 Å². The van der Waals surface area contributed by atoms with Crippen molar-refractivity contribution in [2.45, 2.75) is 13.0 Å². The number of aliphatic hydroxyl groups excluding tert-OH is 1. The average Bonchev–Trinajstić information content (AvgIpc) is 3.38. The number of methoxy groups -OCH3 is 3.